The van der Waals surface area contributed by atoms with Crippen LogP contribution >= 0.6 is 0 Å². The Bertz CT molecular complexity index is 512. The molecule has 1 aromatic heterocycles. The van der Waals surface area contributed by atoms with E-state index in [2.05, 4.69) is 22.8 Å². The summed E-state index contributed by atoms with van der Waals surface area (Å²) in [6.07, 6.45) is -0.566. The quantitative estimate of drug-likeness (QED) is 0.837. The summed E-state index contributed by atoms with van der Waals surface area (Å²) in [6.45, 7) is 3.95. The van der Waals surface area contributed by atoms with E-state index in [9.17, 15) is 18.0 Å². The van der Waals surface area contributed by atoms with Gasteiger partial charge in [0.15, 0.2) is 0 Å². The van der Waals surface area contributed by atoms with E-state index in [1.807, 2.05) is 6.92 Å². The first kappa shape index (κ1) is 14.8. The minimum atomic E-state index is -4.58. The monoisotopic (exact) mass is 287 g/mol. The molecular weight excluding hydrogens is 271 g/mol. The molecule has 1 atom stereocenters. The number of rotatable bonds is 4. The van der Waals surface area contributed by atoms with Crippen LogP contribution in [-0.4, -0.2) is 16.9 Å². The third kappa shape index (κ3) is 3.09. The zero-order chi connectivity index (χ0) is 15.0. The molecule has 2 N–H and O–H groups in total. The highest BCUT2D eigenvalue weighted by molar-refractivity contribution is 5.95. The minimum Gasteiger partial charge on any atom is -0.287 e. The Balaban J connectivity index is 2.06. The number of alkyl halides is 3. The summed E-state index contributed by atoms with van der Waals surface area (Å²) in [5.41, 5.74) is 3.73. The minimum absolute atomic E-state index is 0.00235. The molecule has 0 aliphatic heterocycles. The van der Waals surface area contributed by atoms with E-state index in [0.29, 0.717) is 0 Å². The molecule has 1 saturated carbocycles. The van der Waals surface area contributed by atoms with Gasteiger partial charge in [-0.1, -0.05) is 6.92 Å². The Morgan fingerprint density at radius 1 is 1.45 bits per heavy atom. The Morgan fingerprint density at radius 2 is 2.10 bits per heavy atom. The average molecular weight is 287 g/mol. The number of hydrazine groups is 1. The first-order valence-electron chi connectivity index (χ1n) is 6.31. The van der Waals surface area contributed by atoms with Crippen LogP contribution in [0.5, 0.6) is 0 Å². The van der Waals surface area contributed by atoms with E-state index in [1.54, 1.807) is 0 Å². The number of hydrogen-bond donors (Lipinski definition) is 2. The van der Waals surface area contributed by atoms with E-state index in [4.69, 9.17) is 0 Å². The lowest BCUT2D eigenvalue weighted by molar-refractivity contribution is -0.138. The number of pyridine rings is 1. The molecule has 1 fully saturated rings. The number of carbonyl (C=O) groups excluding carboxylic acids is 1. The largest absolute Gasteiger partial charge is 0.417 e. The van der Waals surface area contributed by atoms with Gasteiger partial charge in [-0.25, -0.2) is 5.43 Å². The molecule has 0 aromatic carbocycles. The standard InChI is InChI=1S/C13H16F3N3O/c1-8(12(2)4-5-12)18-19-11(20)9-7-17-6-3-10(9)13(14,15)16/h3,6-8,18H,4-5H2,1-2H3,(H,19,20). The molecule has 1 aliphatic carbocycles. The third-order valence-corrected chi connectivity index (χ3v) is 3.86. The Morgan fingerprint density at radius 3 is 2.65 bits per heavy atom. The van der Waals surface area contributed by atoms with Gasteiger partial charge in [-0.3, -0.25) is 15.2 Å². The smallest absolute Gasteiger partial charge is 0.287 e. The van der Waals surface area contributed by atoms with Crippen LogP contribution in [0.2, 0.25) is 0 Å². The normalized spacial score (nSPS) is 18.4. The number of nitrogens with one attached hydrogen (secondary N) is 2. The van der Waals surface area contributed by atoms with Crippen molar-refractivity contribution >= 4 is 5.91 Å². The van der Waals surface area contributed by atoms with Gasteiger partial charge in [0.05, 0.1) is 11.1 Å². The molecule has 0 saturated heterocycles. The molecule has 7 heteroatoms. The molecule has 1 aliphatic rings. The second-order valence-corrected chi connectivity index (χ2v) is 5.39. The summed E-state index contributed by atoms with van der Waals surface area (Å²) in [5, 5.41) is 0. The molecule has 0 bridgehead atoms. The highest BCUT2D eigenvalue weighted by Crippen LogP contribution is 2.47. The lowest BCUT2D eigenvalue weighted by Crippen LogP contribution is -2.46. The van der Waals surface area contributed by atoms with Crippen molar-refractivity contribution in [1.82, 2.24) is 15.8 Å². The van der Waals surface area contributed by atoms with Crippen LogP contribution in [0, 0.1) is 5.41 Å². The SMILES string of the molecule is CC(NNC(=O)c1cnccc1C(F)(F)F)C1(C)CC1. The van der Waals surface area contributed by atoms with E-state index >= 15 is 0 Å². The summed E-state index contributed by atoms with van der Waals surface area (Å²) < 4.78 is 38.3. The van der Waals surface area contributed by atoms with Gasteiger partial charge in [-0.15, -0.1) is 0 Å². The van der Waals surface area contributed by atoms with Crippen LogP contribution in [-0.2, 0) is 6.18 Å². The van der Waals surface area contributed by atoms with Crippen LogP contribution < -0.4 is 10.9 Å². The van der Waals surface area contributed by atoms with Crippen LogP contribution in [0.1, 0.15) is 42.6 Å². The van der Waals surface area contributed by atoms with Crippen molar-refractivity contribution in [2.45, 2.75) is 38.9 Å². The molecule has 1 unspecified atom stereocenters. The van der Waals surface area contributed by atoms with Crippen molar-refractivity contribution in [2.24, 2.45) is 5.41 Å². The molecule has 2 rings (SSSR count). The lowest BCUT2D eigenvalue weighted by Gasteiger charge is -2.21. The fourth-order valence-electron chi connectivity index (χ4n) is 1.87. The van der Waals surface area contributed by atoms with E-state index in [0.717, 1.165) is 31.3 Å². The number of amides is 1. The molecule has 1 aromatic rings. The van der Waals surface area contributed by atoms with Gasteiger partial charge in [0, 0.05) is 18.4 Å². The summed E-state index contributed by atoms with van der Waals surface area (Å²) in [7, 11) is 0. The first-order valence-corrected chi connectivity index (χ1v) is 6.31. The maximum absolute atomic E-state index is 12.8. The van der Waals surface area contributed by atoms with Crippen LogP contribution in [0.3, 0.4) is 0 Å². The van der Waals surface area contributed by atoms with Crippen molar-refractivity contribution in [3.05, 3.63) is 29.6 Å². The van der Waals surface area contributed by atoms with Gasteiger partial charge in [0.2, 0.25) is 0 Å². The molecule has 1 heterocycles. The number of hydrogen-bond acceptors (Lipinski definition) is 3. The predicted octanol–water partition coefficient (Wildman–Crippen LogP) is 2.52. The Kier molecular flexibility index (Phi) is 3.73. The summed E-state index contributed by atoms with van der Waals surface area (Å²) in [5.74, 6) is -0.832. The first-order chi connectivity index (χ1) is 9.24. The molecule has 20 heavy (non-hydrogen) atoms. The van der Waals surface area contributed by atoms with Gasteiger partial charge in [0.25, 0.3) is 5.91 Å². The van der Waals surface area contributed by atoms with Gasteiger partial charge >= 0.3 is 6.18 Å². The fourth-order valence-corrected chi connectivity index (χ4v) is 1.87. The van der Waals surface area contributed by atoms with Gasteiger partial charge in [0.1, 0.15) is 0 Å². The Labute approximate surface area is 114 Å². The predicted molar refractivity (Wildman–Crippen MR) is 66.6 cm³/mol. The molecule has 0 spiro atoms. The average Bonchev–Trinajstić information content (AvgIpc) is 3.14. The van der Waals surface area contributed by atoms with E-state index in [1.165, 1.54) is 0 Å². The van der Waals surface area contributed by atoms with Crippen molar-refractivity contribution in [1.29, 1.82) is 0 Å². The van der Waals surface area contributed by atoms with Crippen LogP contribution in [0.4, 0.5) is 13.2 Å². The third-order valence-electron chi connectivity index (χ3n) is 3.86. The topological polar surface area (TPSA) is 54.0 Å². The maximum Gasteiger partial charge on any atom is 0.417 e. The zero-order valence-corrected chi connectivity index (χ0v) is 11.2. The molecule has 110 valence electrons. The molecule has 1 amide bonds. The zero-order valence-electron chi connectivity index (χ0n) is 11.2. The molecular formula is C13H16F3N3O. The molecule has 4 nitrogen and oxygen atoms in total. The van der Waals surface area contributed by atoms with E-state index in [-0.39, 0.29) is 11.5 Å². The second kappa shape index (κ2) is 5.05. The number of carbonyl (C=O) groups is 1. The summed E-state index contributed by atoms with van der Waals surface area (Å²) in [4.78, 5) is 15.4. The van der Waals surface area contributed by atoms with E-state index < -0.39 is 23.2 Å². The number of aromatic nitrogens is 1. The van der Waals surface area contributed by atoms with Crippen molar-refractivity contribution < 1.29 is 18.0 Å². The van der Waals surface area contributed by atoms with Crippen LogP contribution in [0.25, 0.3) is 0 Å². The van der Waals surface area contributed by atoms with Crippen molar-refractivity contribution in [3.63, 3.8) is 0 Å². The fraction of sp³-hybridized carbons (Fsp3) is 0.538. The highest BCUT2D eigenvalue weighted by Gasteiger charge is 2.42. The van der Waals surface area contributed by atoms with Crippen LogP contribution in [0.15, 0.2) is 18.5 Å². The van der Waals surface area contributed by atoms with Crippen molar-refractivity contribution in [3.8, 4) is 0 Å². The highest BCUT2D eigenvalue weighted by atomic mass is 19.4. The summed E-state index contributed by atoms with van der Waals surface area (Å²) >= 11 is 0. The second-order valence-electron chi connectivity index (χ2n) is 5.39. The molecule has 0 radical (unpaired) electrons. The number of halogens is 3. The van der Waals surface area contributed by atoms with Gasteiger partial charge < -0.3 is 0 Å². The summed E-state index contributed by atoms with van der Waals surface area (Å²) in [6, 6.07) is 0.790. The Hall–Kier alpha value is -1.63. The lowest BCUT2D eigenvalue weighted by atomic mass is 10.0. The maximum atomic E-state index is 12.8. The van der Waals surface area contributed by atoms with Gasteiger partial charge in [-0.2, -0.15) is 13.2 Å². The number of nitrogens with zero attached hydrogens (tertiary/aromatic N) is 1. The van der Waals surface area contributed by atoms with Crippen molar-refractivity contribution in [2.75, 3.05) is 0 Å². The van der Waals surface area contributed by atoms with Gasteiger partial charge in [-0.05, 0) is 31.2 Å².